The van der Waals surface area contributed by atoms with Crippen molar-refractivity contribution < 1.29 is 29.0 Å². The monoisotopic (exact) mass is 528 g/mol. The minimum atomic E-state index is -0.709. The zero-order valence-corrected chi connectivity index (χ0v) is 21.9. The highest BCUT2D eigenvalue weighted by Gasteiger charge is 2.28. The molecule has 3 aromatic rings. The molecule has 1 N–H and O–H groups in total. The van der Waals surface area contributed by atoms with Gasteiger partial charge in [-0.15, -0.1) is 0 Å². The molecule has 8 heteroatoms. The number of hydrogen-bond donors (Lipinski definition) is 1. The van der Waals surface area contributed by atoms with Crippen LogP contribution in [0.15, 0.2) is 71.3 Å². The highest BCUT2D eigenvalue weighted by atomic mass is 16.8. The summed E-state index contributed by atoms with van der Waals surface area (Å²) in [6.45, 7) is 4.02. The van der Waals surface area contributed by atoms with Gasteiger partial charge < -0.3 is 24.6 Å². The Morgan fingerprint density at radius 3 is 2.64 bits per heavy atom. The molecule has 0 radical (unpaired) electrons. The number of fused-ring (bicyclic) bond motifs is 5. The van der Waals surface area contributed by atoms with Crippen molar-refractivity contribution in [2.75, 3.05) is 12.0 Å². The van der Waals surface area contributed by atoms with Crippen LogP contribution in [0.4, 0.5) is 5.69 Å². The first-order valence-electron chi connectivity index (χ1n) is 13.0. The van der Waals surface area contributed by atoms with Gasteiger partial charge in [-0.25, -0.2) is 4.79 Å². The maximum absolute atomic E-state index is 13.8. The number of carbonyl (C=O) groups excluding carboxylic acids is 2. The Morgan fingerprint density at radius 1 is 1.08 bits per heavy atom. The van der Waals surface area contributed by atoms with Crippen molar-refractivity contribution in [3.05, 3.63) is 82.1 Å². The van der Waals surface area contributed by atoms with Gasteiger partial charge >= 0.3 is 5.97 Å². The smallest absolute Gasteiger partial charge is 0.339 e. The molecule has 0 aromatic heterocycles. The molecule has 1 heterocycles. The van der Waals surface area contributed by atoms with Crippen LogP contribution in [0.5, 0.6) is 11.5 Å². The summed E-state index contributed by atoms with van der Waals surface area (Å²) in [7, 11) is 0. The molecule has 1 aliphatic carbocycles. The largest absolute Gasteiger partial charge is 0.733 e. The van der Waals surface area contributed by atoms with E-state index >= 15 is 0 Å². The number of hydrogen-bond acceptors (Lipinski definition) is 8. The van der Waals surface area contributed by atoms with Crippen molar-refractivity contribution >= 4 is 39.5 Å². The van der Waals surface area contributed by atoms with Crippen LogP contribution < -0.4 is 14.7 Å². The van der Waals surface area contributed by atoms with Crippen LogP contribution in [0.25, 0.3) is 21.5 Å². The molecule has 0 saturated heterocycles. The van der Waals surface area contributed by atoms with Crippen LogP contribution in [-0.4, -0.2) is 30.4 Å². The fraction of sp³-hybridized carbons (Fsp3) is 0.290. The number of anilines is 1. The van der Waals surface area contributed by atoms with E-state index in [-0.39, 0.29) is 28.7 Å². The third-order valence-corrected chi connectivity index (χ3v) is 7.16. The van der Waals surface area contributed by atoms with E-state index in [4.69, 9.17) is 14.2 Å². The molecule has 1 atom stereocenters. The fourth-order valence-electron chi connectivity index (χ4n) is 5.24. The van der Waals surface area contributed by atoms with Crippen molar-refractivity contribution in [2.45, 2.75) is 52.1 Å². The number of carbonyl (C=O) groups is 2. The van der Waals surface area contributed by atoms with Crippen molar-refractivity contribution in [3.63, 3.8) is 0 Å². The lowest BCUT2D eigenvalue weighted by molar-refractivity contribution is -0.105. The Morgan fingerprint density at radius 2 is 1.85 bits per heavy atom. The first kappa shape index (κ1) is 26.5. The van der Waals surface area contributed by atoms with Gasteiger partial charge in [0, 0.05) is 17.2 Å². The van der Waals surface area contributed by atoms with Crippen LogP contribution in [0, 0.1) is 5.21 Å². The number of benzene rings is 3. The lowest BCUT2D eigenvalue weighted by Gasteiger charge is -2.26. The third kappa shape index (κ3) is 5.53. The predicted molar refractivity (Wildman–Crippen MR) is 149 cm³/mol. The summed E-state index contributed by atoms with van der Waals surface area (Å²) in [5.41, 5.74) is 2.80. The molecule has 0 amide bonds. The highest BCUT2D eigenvalue weighted by Crippen LogP contribution is 2.48. The third-order valence-electron chi connectivity index (χ3n) is 7.16. The van der Waals surface area contributed by atoms with E-state index in [1.807, 2.05) is 25.1 Å². The summed E-state index contributed by atoms with van der Waals surface area (Å²) in [5.74, 6) is 0.0183. The Balaban J connectivity index is 1.62. The molecular weight excluding hydrogens is 498 g/mol. The van der Waals surface area contributed by atoms with E-state index in [1.54, 1.807) is 12.1 Å². The minimum Gasteiger partial charge on any atom is -0.733 e. The van der Waals surface area contributed by atoms with Gasteiger partial charge in [0.05, 0.1) is 11.3 Å². The second-order valence-corrected chi connectivity index (χ2v) is 9.98. The lowest BCUT2D eigenvalue weighted by Crippen LogP contribution is -2.19. The van der Waals surface area contributed by atoms with Gasteiger partial charge in [-0.1, -0.05) is 47.6 Å². The summed E-state index contributed by atoms with van der Waals surface area (Å²) in [6.07, 6.45) is 9.52. The molecule has 39 heavy (non-hydrogen) atoms. The summed E-state index contributed by atoms with van der Waals surface area (Å²) in [6, 6.07) is 10.3. The van der Waals surface area contributed by atoms with Crippen molar-refractivity contribution in [1.29, 1.82) is 0 Å². The zero-order valence-electron chi connectivity index (χ0n) is 21.9. The van der Waals surface area contributed by atoms with Crippen LogP contribution in [-0.2, 0) is 9.53 Å². The molecule has 8 nitrogen and oxygen atoms in total. The Hall–Kier alpha value is -4.14. The SMILES string of the molecule is CC1=CCCC(C=O)=C[C@H](OC(=O)c2cc3c(c4c2c(N([O-])O)cc2ccccc24)OCO3)CC(C)=CCC1. The second kappa shape index (κ2) is 11.3. The normalized spacial score (nSPS) is 17.9. The molecule has 202 valence electrons. The summed E-state index contributed by atoms with van der Waals surface area (Å²) >= 11 is 0. The number of nitrogens with zero attached hydrogens (tertiary/aromatic N) is 1. The molecule has 0 saturated carbocycles. The van der Waals surface area contributed by atoms with Gasteiger partial charge in [0.2, 0.25) is 6.79 Å². The van der Waals surface area contributed by atoms with Crippen molar-refractivity contribution in [1.82, 2.24) is 0 Å². The Labute approximate surface area is 226 Å². The number of aldehydes is 1. The van der Waals surface area contributed by atoms with E-state index in [9.17, 15) is 20.0 Å². The molecule has 1 aliphatic heterocycles. The molecule has 0 spiro atoms. The van der Waals surface area contributed by atoms with Gasteiger partial charge in [0.15, 0.2) is 11.5 Å². The Kier molecular flexibility index (Phi) is 7.67. The van der Waals surface area contributed by atoms with E-state index in [2.05, 4.69) is 19.1 Å². The number of rotatable bonds is 4. The average molecular weight is 529 g/mol. The van der Waals surface area contributed by atoms with E-state index in [1.165, 1.54) is 17.7 Å². The Bertz CT molecular complexity index is 1530. The number of esters is 1. The first-order chi connectivity index (χ1) is 18.9. The predicted octanol–water partition coefficient (Wildman–Crippen LogP) is 6.92. The van der Waals surface area contributed by atoms with Gasteiger partial charge in [-0.05, 0) is 74.1 Å². The molecule has 2 aliphatic rings. The minimum absolute atomic E-state index is 0.0479. The van der Waals surface area contributed by atoms with E-state index < -0.39 is 12.1 Å². The molecule has 0 fully saturated rings. The summed E-state index contributed by atoms with van der Waals surface area (Å²) in [4.78, 5) is 25.6. The summed E-state index contributed by atoms with van der Waals surface area (Å²) in [5, 5.41) is 24.2. The molecule has 0 bridgehead atoms. The average Bonchev–Trinajstić information content (AvgIpc) is 3.39. The molecule has 3 aromatic carbocycles. The van der Waals surface area contributed by atoms with Gasteiger partial charge in [-0.3, -0.25) is 10.0 Å². The van der Waals surface area contributed by atoms with Crippen LogP contribution >= 0.6 is 0 Å². The van der Waals surface area contributed by atoms with Gasteiger partial charge in [0.1, 0.15) is 12.4 Å². The fourth-order valence-corrected chi connectivity index (χ4v) is 5.24. The second-order valence-electron chi connectivity index (χ2n) is 9.98. The maximum atomic E-state index is 13.8. The summed E-state index contributed by atoms with van der Waals surface area (Å²) < 4.78 is 17.4. The van der Waals surface area contributed by atoms with E-state index in [0.29, 0.717) is 40.7 Å². The van der Waals surface area contributed by atoms with Crippen LogP contribution in [0.1, 0.15) is 56.3 Å². The van der Waals surface area contributed by atoms with Gasteiger partial charge in [0.25, 0.3) is 0 Å². The quantitative estimate of drug-likeness (QED) is 0.128. The van der Waals surface area contributed by atoms with E-state index in [0.717, 1.165) is 36.5 Å². The van der Waals surface area contributed by atoms with Crippen molar-refractivity contribution in [2.24, 2.45) is 0 Å². The standard InChI is InChI=1S/C31H30NO7/c1-19-7-5-9-20(2)13-23(14-21(17-33)10-6-8-19)39-31(34)25-16-27-30(38-18-37-27)29-24-12-4-3-11-22(24)15-26(28(25)29)32(35)36/h3-4,8-9,11-12,14-17,23,35H,5-7,10,13,18H2,1-2H3/q-1/t23-/m1/s1. The van der Waals surface area contributed by atoms with Gasteiger partial charge in [-0.2, -0.15) is 0 Å². The topological polar surface area (TPSA) is 108 Å². The number of ether oxygens (including phenoxy) is 3. The highest BCUT2D eigenvalue weighted by molar-refractivity contribution is 6.22. The molecule has 0 unspecified atom stereocenters. The first-order valence-corrected chi connectivity index (χ1v) is 13.0. The molecule has 5 rings (SSSR count). The maximum Gasteiger partial charge on any atom is 0.339 e. The van der Waals surface area contributed by atoms with Crippen LogP contribution in [0.3, 0.4) is 0 Å². The van der Waals surface area contributed by atoms with Crippen LogP contribution in [0.2, 0.25) is 0 Å². The zero-order chi connectivity index (χ0) is 27.5. The number of allylic oxidation sites excluding steroid dienone is 4. The lowest BCUT2D eigenvalue weighted by atomic mass is 9.95. The molecular formula is C31H30NO7-. The van der Waals surface area contributed by atoms with Crippen molar-refractivity contribution in [3.8, 4) is 11.5 Å².